The van der Waals surface area contributed by atoms with Crippen LogP contribution in [-0.4, -0.2) is 19.7 Å². The van der Waals surface area contributed by atoms with Gasteiger partial charge >= 0.3 is 0 Å². The first-order valence-electron chi connectivity index (χ1n) is 5.51. The summed E-state index contributed by atoms with van der Waals surface area (Å²) in [6.07, 6.45) is 1.73. The van der Waals surface area contributed by atoms with E-state index in [2.05, 4.69) is 42.9 Å². The molecule has 0 bridgehead atoms. The molecule has 2 aromatic rings. The number of hydrogen-bond acceptors (Lipinski definition) is 4. The maximum Gasteiger partial charge on any atom is 0.201 e. The molecule has 0 atom stereocenters. The van der Waals surface area contributed by atoms with Gasteiger partial charge in [0.25, 0.3) is 0 Å². The van der Waals surface area contributed by atoms with Crippen LogP contribution in [0.3, 0.4) is 0 Å². The lowest BCUT2D eigenvalue weighted by molar-refractivity contribution is 0.625. The maximum atomic E-state index is 5.92. The smallest absolute Gasteiger partial charge is 0.201 e. The fraction of sp³-hybridized carbons (Fsp3) is 0.545. The van der Waals surface area contributed by atoms with Crippen molar-refractivity contribution in [3.63, 3.8) is 0 Å². The van der Waals surface area contributed by atoms with Gasteiger partial charge in [0.15, 0.2) is 0 Å². The quantitative estimate of drug-likeness (QED) is 0.839. The second-order valence-corrected chi connectivity index (χ2v) is 4.55. The van der Waals surface area contributed by atoms with Gasteiger partial charge in [-0.05, 0) is 19.8 Å². The molecule has 0 radical (unpaired) electrons. The van der Waals surface area contributed by atoms with Crippen LogP contribution in [0.25, 0.3) is 11.0 Å². The summed E-state index contributed by atoms with van der Waals surface area (Å²) in [6, 6.07) is 0.272. The van der Waals surface area contributed by atoms with Gasteiger partial charge in [0.1, 0.15) is 5.52 Å². The second kappa shape index (κ2) is 3.73. The lowest BCUT2D eigenvalue weighted by atomic mass is 10.1. The van der Waals surface area contributed by atoms with Gasteiger partial charge in [0, 0.05) is 6.04 Å². The number of hydrogen-bond donors (Lipinski definition) is 1. The summed E-state index contributed by atoms with van der Waals surface area (Å²) in [6.45, 7) is 8.31. The van der Waals surface area contributed by atoms with E-state index < -0.39 is 0 Å². The lowest BCUT2D eigenvalue weighted by Crippen LogP contribution is -2.05. The monoisotopic (exact) mass is 219 g/mol. The minimum Gasteiger partial charge on any atom is -0.369 e. The molecule has 0 unspecified atom stereocenters. The first kappa shape index (κ1) is 10.9. The van der Waals surface area contributed by atoms with Crippen molar-refractivity contribution < 1.29 is 0 Å². The van der Waals surface area contributed by atoms with Crippen molar-refractivity contribution in [2.75, 3.05) is 5.73 Å². The zero-order valence-electron chi connectivity index (χ0n) is 10.1. The third-order valence-electron chi connectivity index (χ3n) is 2.63. The highest BCUT2D eigenvalue weighted by molar-refractivity contribution is 5.80. The van der Waals surface area contributed by atoms with Crippen LogP contribution < -0.4 is 5.73 Å². The molecule has 5 heteroatoms. The fourth-order valence-electron chi connectivity index (χ4n) is 1.90. The lowest BCUT2D eigenvalue weighted by Gasteiger charge is -2.10. The van der Waals surface area contributed by atoms with Crippen LogP contribution >= 0.6 is 0 Å². The zero-order valence-corrected chi connectivity index (χ0v) is 10.1. The Morgan fingerprint density at radius 1 is 1.25 bits per heavy atom. The van der Waals surface area contributed by atoms with Gasteiger partial charge in [-0.2, -0.15) is 10.2 Å². The summed E-state index contributed by atoms with van der Waals surface area (Å²) in [7, 11) is 0. The molecule has 0 fully saturated rings. The van der Waals surface area contributed by atoms with Crippen molar-refractivity contribution in [3.05, 3.63) is 11.9 Å². The predicted octanol–water partition coefficient (Wildman–Crippen LogP) is 2.11. The van der Waals surface area contributed by atoms with E-state index in [4.69, 9.17) is 5.73 Å². The summed E-state index contributed by atoms with van der Waals surface area (Å²) in [5, 5.41) is 8.16. The van der Waals surface area contributed by atoms with Crippen LogP contribution in [-0.2, 0) is 0 Å². The molecule has 2 N–H and O–H groups in total. The Kier molecular flexibility index (Phi) is 2.53. The van der Waals surface area contributed by atoms with E-state index in [0.717, 1.165) is 16.7 Å². The Morgan fingerprint density at radius 2 is 1.94 bits per heavy atom. The molecular formula is C11H17N5. The molecule has 0 aromatic carbocycles. The average molecular weight is 219 g/mol. The van der Waals surface area contributed by atoms with Gasteiger partial charge in [-0.3, -0.25) is 0 Å². The standard InChI is InChI=1S/C11H17N5/c1-6(2)9-10-8(5-13-15-9)16(7(3)4)11(12)14-10/h5-7H,1-4H3,(H2,12,14). The molecule has 16 heavy (non-hydrogen) atoms. The summed E-state index contributed by atoms with van der Waals surface area (Å²) in [5.74, 6) is 0.827. The molecule has 2 aromatic heterocycles. The molecule has 0 saturated heterocycles. The highest BCUT2D eigenvalue weighted by atomic mass is 15.2. The van der Waals surface area contributed by atoms with Crippen LogP contribution in [0.2, 0.25) is 0 Å². The molecule has 0 spiro atoms. The van der Waals surface area contributed by atoms with E-state index >= 15 is 0 Å². The first-order chi connectivity index (χ1) is 7.52. The van der Waals surface area contributed by atoms with Gasteiger partial charge in [-0.15, -0.1) is 0 Å². The molecule has 2 heterocycles. The number of imidazole rings is 1. The average Bonchev–Trinajstić information content (AvgIpc) is 2.52. The largest absolute Gasteiger partial charge is 0.369 e. The van der Waals surface area contributed by atoms with Crippen LogP contribution in [0.4, 0.5) is 5.95 Å². The molecule has 0 aliphatic carbocycles. The highest BCUT2D eigenvalue weighted by Crippen LogP contribution is 2.26. The molecule has 0 amide bonds. The first-order valence-corrected chi connectivity index (χ1v) is 5.51. The van der Waals surface area contributed by atoms with Crippen molar-refractivity contribution in [1.82, 2.24) is 19.7 Å². The molecular weight excluding hydrogens is 202 g/mol. The van der Waals surface area contributed by atoms with Gasteiger partial charge in [-0.25, -0.2) is 4.98 Å². The van der Waals surface area contributed by atoms with E-state index in [-0.39, 0.29) is 6.04 Å². The number of aromatic nitrogens is 4. The van der Waals surface area contributed by atoms with Crippen LogP contribution in [0.5, 0.6) is 0 Å². The second-order valence-electron chi connectivity index (χ2n) is 4.55. The minimum absolute atomic E-state index is 0.272. The molecule has 86 valence electrons. The third-order valence-corrected chi connectivity index (χ3v) is 2.63. The van der Waals surface area contributed by atoms with Crippen molar-refractivity contribution in [2.45, 2.75) is 39.7 Å². The Hall–Kier alpha value is -1.65. The zero-order chi connectivity index (χ0) is 11.9. The maximum absolute atomic E-state index is 5.92. The van der Waals surface area contributed by atoms with E-state index in [1.54, 1.807) is 6.20 Å². The number of nitrogens with zero attached hydrogens (tertiary/aromatic N) is 4. The van der Waals surface area contributed by atoms with Crippen LogP contribution in [0, 0.1) is 0 Å². The van der Waals surface area contributed by atoms with E-state index in [1.165, 1.54) is 0 Å². The fourth-order valence-corrected chi connectivity index (χ4v) is 1.90. The number of anilines is 1. The van der Waals surface area contributed by atoms with Crippen molar-refractivity contribution in [2.24, 2.45) is 0 Å². The summed E-state index contributed by atoms with van der Waals surface area (Å²) in [4.78, 5) is 4.39. The summed E-state index contributed by atoms with van der Waals surface area (Å²) < 4.78 is 1.98. The Morgan fingerprint density at radius 3 is 2.50 bits per heavy atom. The van der Waals surface area contributed by atoms with Gasteiger partial charge < -0.3 is 10.3 Å². The molecule has 0 aliphatic rings. The van der Waals surface area contributed by atoms with E-state index in [0.29, 0.717) is 11.9 Å². The minimum atomic E-state index is 0.272. The highest BCUT2D eigenvalue weighted by Gasteiger charge is 2.16. The van der Waals surface area contributed by atoms with Gasteiger partial charge in [0.2, 0.25) is 5.95 Å². The van der Waals surface area contributed by atoms with Gasteiger partial charge in [-0.1, -0.05) is 13.8 Å². The van der Waals surface area contributed by atoms with Crippen LogP contribution in [0.1, 0.15) is 45.3 Å². The summed E-state index contributed by atoms with van der Waals surface area (Å²) >= 11 is 0. The normalized spacial score (nSPS) is 11.9. The molecule has 0 aliphatic heterocycles. The number of fused-ring (bicyclic) bond motifs is 1. The van der Waals surface area contributed by atoms with Crippen molar-refractivity contribution in [3.8, 4) is 0 Å². The number of nitrogens with two attached hydrogens (primary N) is 1. The Labute approximate surface area is 94.7 Å². The van der Waals surface area contributed by atoms with E-state index in [9.17, 15) is 0 Å². The number of rotatable bonds is 2. The Bertz CT molecular complexity index is 512. The predicted molar refractivity (Wildman–Crippen MR) is 64.2 cm³/mol. The van der Waals surface area contributed by atoms with Crippen LogP contribution in [0.15, 0.2) is 6.20 Å². The van der Waals surface area contributed by atoms with E-state index in [1.807, 2.05) is 4.57 Å². The molecule has 5 nitrogen and oxygen atoms in total. The third kappa shape index (κ3) is 1.52. The van der Waals surface area contributed by atoms with Gasteiger partial charge in [0.05, 0.1) is 17.4 Å². The Balaban J connectivity index is 2.78. The molecule has 0 saturated carbocycles. The molecule has 2 rings (SSSR count). The van der Waals surface area contributed by atoms with Crippen molar-refractivity contribution in [1.29, 1.82) is 0 Å². The summed E-state index contributed by atoms with van der Waals surface area (Å²) in [5.41, 5.74) is 8.66. The topological polar surface area (TPSA) is 69.6 Å². The van der Waals surface area contributed by atoms with Crippen molar-refractivity contribution >= 4 is 17.0 Å². The SMILES string of the molecule is CC(C)c1nncc2c1nc(N)n2C(C)C. The number of nitrogen functional groups attached to an aromatic ring is 1.